The quantitative estimate of drug-likeness (QED) is 0.483. The minimum atomic E-state index is 0. The molecule has 2 heteroatoms. The third-order valence-corrected chi connectivity index (χ3v) is 5.64. The molecular weight excluding hydrogens is 376 g/mol. The Morgan fingerprint density at radius 3 is 1.26 bits per heavy atom. The number of hydrogen-bond donors (Lipinski definition) is 0. The van der Waals surface area contributed by atoms with Gasteiger partial charge < -0.3 is 9.80 Å². The summed E-state index contributed by atoms with van der Waals surface area (Å²) in [5, 5.41) is 0. The van der Waals surface area contributed by atoms with Crippen LogP contribution in [0.25, 0.3) is 11.1 Å². The first kappa shape index (κ1) is 26.6. The molecule has 2 aromatic rings. The predicted octanol–water partition coefficient (Wildman–Crippen LogP) is 8.21. The molecule has 0 spiro atoms. The van der Waals surface area contributed by atoms with Crippen molar-refractivity contribution in [1.29, 1.82) is 0 Å². The minimum Gasteiger partial charge on any atom is -0.370 e. The molecule has 0 fully saturated rings. The smallest absolute Gasteiger partial charge is 0.0433 e. The van der Waals surface area contributed by atoms with E-state index in [-0.39, 0.29) is 7.43 Å². The highest BCUT2D eigenvalue weighted by molar-refractivity contribution is 5.68. The molecule has 0 bridgehead atoms. The summed E-state index contributed by atoms with van der Waals surface area (Å²) in [6.45, 7) is 19.4. The standard InChI is InChI=1S/2C13H17N.C2H6.CH4/c2*1-10(2)14-8-11(3)13-7-5-4-6-12(13)9-14;1-2;/h2*4-8,10H,9H2,1-3H3;1-2H3;1H4. The van der Waals surface area contributed by atoms with Crippen molar-refractivity contribution in [1.82, 2.24) is 9.80 Å². The third kappa shape index (κ3) is 6.75. The molecule has 31 heavy (non-hydrogen) atoms. The highest BCUT2D eigenvalue weighted by atomic mass is 15.1. The van der Waals surface area contributed by atoms with Crippen molar-refractivity contribution in [2.75, 3.05) is 0 Å². The van der Waals surface area contributed by atoms with Crippen molar-refractivity contribution in [2.24, 2.45) is 0 Å². The molecular formula is C29H44N2. The highest BCUT2D eigenvalue weighted by Gasteiger charge is 2.16. The minimum absolute atomic E-state index is 0. The van der Waals surface area contributed by atoms with Crippen LogP contribution >= 0.6 is 0 Å². The molecule has 0 saturated heterocycles. The first-order valence-corrected chi connectivity index (χ1v) is 11.4. The van der Waals surface area contributed by atoms with Gasteiger partial charge in [-0.3, -0.25) is 0 Å². The number of hydrogen-bond acceptors (Lipinski definition) is 2. The zero-order valence-electron chi connectivity index (χ0n) is 20.2. The van der Waals surface area contributed by atoms with Gasteiger partial charge in [0.25, 0.3) is 0 Å². The molecule has 2 aromatic carbocycles. The fourth-order valence-electron chi connectivity index (χ4n) is 3.87. The molecule has 170 valence electrons. The van der Waals surface area contributed by atoms with E-state index in [9.17, 15) is 0 Å². The summed E-state index contributed by atoms with van der Waals surface area (Å²) in [5.41, 5.74) is 8.46. The summed E-state index contributed by atoms with van der Waals surface area (Å²) in [6.07, 6.45) is 4.54. The van der Waals surface area contributed by atoms with E-state index in [1.165, 1.54) is 33.4 Å². The Bertz CT molecular complexity index is 800. The largest absolute Gasteiger partial charge is 0.370 e. The molecule has 0 radical (unpaired) electrons. The number of rotatable bonds is 2. The number of fused-ring (bicyclic) bond motifs is 2. The highest BCUT2D eigenvalue weighted by Crippen LogP contribution is 2.27. The van der Waals surface area contributed by atoms with Crippen LogP contribution in [-0.4, -0.2) is 21.9 Å². The molecule has 0 N–H and O–H groups in total. The van der Waals surface area contributed by atoms with Gasteiger partial charge in [-0.15, -0.1) is 0 Å². The van der Waals surface area contributed by atoms with E-state index in [2.05, 4.69) is 112 Å². The summed E-state index contributed by atoms with van der Waals surface area (Å²) in [7, 11) is 0. The average Bonchev–Trinajstić information content (AvgIpc) is 2.75. The van der Waals surface area contributed by atoms with Crippen molar-refractivity contribution in [3.63, 3.8) is 0 Å². The van der Waals surface area contributed by atoms with Crippen molar-refractivity contribution in [3.8, 4) is 0 Å². The van der Waals surface area contributed by atoms with Crippen LogP contribution in [0.2, 0.25) is 0 Å². The Hall–Kier alpha value is -2.48. The fraction of sp³-hybridized carbons (Fsp3) is 0.448. The summed E-state index contributed by atoms with van der Waals surface area (Å²) in [6, 6.07) is 18.5. The maximum absolute atomic E-state index is 2.39. The van der Waals surface area contributed by atoms with Crippen molar-refractivity contribution >= 4 is 11.1 Å². The monoisotopic (exact) mass is 420 g/mol. The molecule has 0 saturated carbocycles. The van der Waals surface area contributed by atoms with Gasteiger partial charge in [0.15, 0.2) is 0 Å². The van der Waals surface area contributed by atoms with E-state index in [1.54, 1.807) is 0 Å². The van der Waals surface area contributed by atoms with Gasteiger partial charge in [0, 0.05) is 37.6 Å². The Morgan fingerprint density at radius 1 is 0.613 bits per heavy atom. The third-order valence-electron chi connectivity index (χ3n) is 5.64. The number of allylic oxidation sites excluding steroid dienone is 2. The molecule has 0 amide bonds. The molecule has 2 aliphatic rings. The van der Waals surface area contributed by atoms with Gasteiger partial charge in [0.1, 0.15) is 0 Å². The lowest BCUT2D eigenvalue weighted by atomic mass is 9.97. The van der Waals surface area contributed by atoms with Crippen LogP contribution in [0.4, 0.5) is 0 Å². The van der Waals surface area contributed by atoms with Crippen LogP contribution in [0, 0.1) is 0 Å². The van der Waals surface area contributed by atoms with E-state index >= 15 is 0 Å². The zero-order chi connectivity index (χ0) is 22.3. The second kappa shape index (κ2) is 12.4. The van der Waals surface area contributed by atoms with Crippen molar-refractivity contribution in [3.05, 3.63) is 83.2 Å². The lowest BCUT2D eigenvalue weighted by molar-refractivity contribution is 0.300. The molecule has 2 nitrogen and oxygen atoms in total. The number of benzene rings is 2. The van der Waals surface area contributed by atoms with Crippen molar-refractivity contribution < 1.29 is 0 Å². The molecule has 0 aromatic heterocycles. The Morgan fingerprint density at radius 2 is 0.935 bits per heavy atom. The lowest BCUT2D eigenvalue weighted by Crippen LogP contribution is -2.27. The van der Waals surface area contributed by atoms with E-state index in [4.69, 9.17) is 0 Å². The lowest BCUT2D eigenvalue weighted by Gasteiger charge is -2.31. The van der Waals surface area contributed by atoms with E-state index in [0.29, 0.717) is 12.1 Å². The second-order valence-electron chi connectivity index (χ2n) is 8.47. The summed E-state index contributed by atoms with van der Waals surface area (Å²) in [4.78, 5) is 4.77. The molecule has 0 atom stereocenters. The average molecular weight is 421 g/mol. The molecule has 0 aliphatic carbocycles. The first-order valence-electron chi connectivity index (χ1n) is 11.4. The molecule has 4 rings (SSSR count). The summed E-state index contributed by atoms with van der Waals surface area (Å²) < 4.78 is 0. The fourth-order valence-corrected chi connectivity index (χ4v) is 3.87. The Balaban J connectivity index is 0.000000279. The van der Waals surface area contributed by atoms with Gasteiger partial charge >= 0.3 is 0 Å². The predicted molar refractivity (Wildman–Crippen MR) is 140 cm³/mol. The summed E-state index contributed by atoms with van der Waals surface area (Å²) in [5.74, 6) is 0. The normalized spacial score (nSPS) is 14.1. The molecule has 2 aliphatic heterocycles. The van der Waals surface area contributed by atoms with Crippen LogP contribution in [0.1, 0.15) is 85.1 Å². The Kier molecular flexibility index (Phi) is 10.6. The van der Waals surface area contributed by atoms with Gasteiger partial charge in [-0.05, 0) is 74.9 Å². The van der Waals surface area contributed by atoms with Gasteiger partial charge in [0.2, 0.25) is 0 Å². The number of nitrogens with zero attached hydrogens (tertiary/aromatic N) is 2. The van der Waals surface area contributed by atoms with Crippen LogP contribution in [0.15, 0.2) is 60.9 Å². The Labute approximate surface area is 192 Å². The first-order chi connectivity index (χ1) is 14.4. The molecule has 2 heterocycles. The molecule has 0 unspecified atom stereocenters. The van der Waals surface area contributed by atoms with E-state index < -0.39 is 0 Å². The van der Waals surface area contributed by atoms with Gasteiger partial charge in [-0.2, -0.15) is 0 Å². The zero-order valence-corrected chi connectivity index (χ0v) is 20.2. The van der Waals surface area contributed by atoms with E-state index in [1.807, 2.05) is 13.8 Å². The maximum atomic E-state index is 2.39. The van der Waals surface area contributed by atoms with Crippen molar-refractivity contribution in [2.45, 2.75) is 88.0 Å². The van der Waals surface area contributed by atoms with Gasteiger partial charge in [-0.1, -0.05) is 69.8 Å². The van der Waals surface area contributed by atoms with E-state index in [0.717, 1.165) is 13.1 Å². The SMILES string of the molecule is C.CC.CC1=CN(C(C)C)Cc2ccccc21.CC1=CN(C(C)C)Cc2ccccc21. The maximum Gasteiger partial charge on any atom is 0.0433 e. The topological polar surface area (TPSA) is 6.48 Å². The summed E-state index contributed by atoms with van der Waals surface area (Å²) >= 11 is 0. The van der Waals surface area contributed by atoms with Crippen LogP contribution < -0.4 is 0 Å². The van der Waals surface area contributed by atoms with Gasteiger partial charge in [-0.25, -0.2) is 0 Å². The van der Waals surface area contributed by atoms with Crippen LogP contribution in [0.3, 0.4) is 0 Å². The van der Waals surface area contributed by atoms with Gasteiger partial charge in [0.05, 0.1) is 0 Å². The van der Waals surface area contributed by atoms with Crippen LogP contribution in [-0.2, 0) is 13.1 Å². The second-order valence-corrected chi connectivity index (χ2v) is 8.47. The van der Waals surface area contributed by atoms with Crippen LogP contribution in [0.5, 0.6) is 0 Å².